The van der Waals surface area contributed by atoms with Gasteiger partial charge in [0.25, 0.3) is 0 Å². The van der Waals surface area contributed by atoms with Gasteiger partial charge < -0.3 is 15.2 Å². The maximum Gasteiger partial charge on any atom is 0.171 e. The van der Waals surface area contributed by atoms with Crippen LogP contribution >= 0.6 is 0 Å². The first-order valence-electron chi connectivity index (χ1n) is 5.31. The summed E-state index contributed by atoms with van der Waals surface area (Å²) < 4.78 is 5.22. The fourth-order valence-electron chi connectivity index (χ4n) is 2.26. The van der Waals surface area contributed by atoms with Gasteiger partial charge in [-0.25, -0.2) is 0 Å². The number of benzene rings is 1. The van der Waals surface area contributed by atoms with Crippen LogP contribution in [0.2, 0.25) is 0 Å². The highest BCUT2D eigenvalue weighted by atomic mass is 16.5. The van der Waals surface area contributed by atoms with Gasteiger partial charge in [0, 0.05) is 25.2 Å². The van der Waals surface area contributed by atoms with E-state index in [1.165, 1.54) is 11.3 Å². The highest BCUT2D eigenvalue weighted by Gasteiger charge is 2.21. The second-order valence-corrected chi connectivity index (χ2v) is 4.10. The summed E-state index contributed by atoms with van der Waals surface area (Å²) in [5, 5.41) is 3.73. The number of likely N-dealkylation sites (N-methyl/N-ethyl adjacent to an activating group) is 1. The lowest BCUT2D eigenvalue weighted by atomic mass is 10.1. The number of nitrogens with two attached hydrogens (primary N) is 1. The summed E-state index contributed by atoms with van der Waals surface area (Å²) in [6, 6.07) is 8.01. The molecular weight excluding hydrogens is 202 g/mol. The van der Waals surface area contributed by atoms with E-state index in [4.69, 9.17) is 10.3 Å². The number of nitrogens with zero attached hydrogens (tertiary/aromatic N) is 2. The Morgan fingerprint density at radius 2 is 2.31 bits per heavy atom. The average molecular weight is 215 g/mol. The van der Waals surface area contributed by atoms with Crippen LogP contribution in [0.1, 0.15) is 5.56 Å². The van der Waals surface area contributed by atoms with Crippen LogP contribution in [0.4, 0.5) is 11.5 Å². The molecule has 0 atom stereocenters. The standard InChI is InChI=1S/C12H13N3O/c1-15-6-5-8-3-2-4-9(12(8)15)10-7-11(13)14-16-10/h2-4,7H,5-6H2,1H3,(H2,13,14). The van der Waals surface area contributed by atoms with Gasteiger partial charge in [-0.05, 0) is 18.1 Å². The zero-order valence-electron chi connectivity index (χ0n) is 9.10. The SMILES string of the molecule is CN1CCc2cccc(-c3cc(N)no3)c21. The monoisotopic (exact) mass is 215 g/mol. The second kappa shape index (κ2) is 3.27. The molecule has 2 heterocycles. The fraction of sp³-hybridized carbons (Fsp3) is 0.250. The van der Waals surface area contributed by atoms with Crippen molar-refractivity contribution in [2.24, 2.45) is 0 Å². The molecule has 0 saturated carbocycles. The quantitative estimate of drug-likeness (QED) is 0.789. The molecule has 3 rings (SSSR count). The third-order valence-corrected chi connectivity index (χ3v) is 3.01. The molecule has 1 aromatic carbocycles. The number of rotatable bonds is 1. The average Bonchev–Trinajstić information content (AvgIpc) is 2.86. The van der Waals surface area contributed by atoms with E-state index in [1.54, 1.807) is 6.07 Å². The molecular formula is C12H13N3O. The Hall–Kier alpha value is -1.97. The van der Waals surface area contributed by atoms with Crippen molar-refractivity contribution in [3.05, 3.63) is 29.8 Å². The summed E-state index contributed by atoms with van der Waals surface area (Å²) in [5.41, 5.74) is 9.24. The largest absolute Gasteiger partial charge is 0.381 e. The Kier molecular flexibility index (Phi) is 1.89. The van der Waals surface area contributed by atoms with Gasteiger partial charge in [-0.2, -0.15) is 0 Å². The van der Waals surface area contributed by atoms with Gasteiger partial charge in [-0.1, -0.05) is 17.3 Å². The van der Waals surface area contributed by atoms with Gasteiger partial charge in [-0.15, -0.1) is 0 Å². The first kappa shape index (κ1) is 9.27. The molecule has 0 saturated heterocycles. The van der Waals surface area contributed by atoms with Gasteiger partial charge in [0.05, 0.1) is 5.69 Å². The van der Waals surface area contributed by atoms with E-state index >= 15 is 0 Å². The maximum absolute atomic E-state index is 5.58. The van der Waals surface area contributed by atoms with E-state index in [0.29, 0.717) is 5.82 Å². The Labute approximate surface area is 93.6 Å². The van der Waals surface area contributed by atoms with Crippen molar-refractivity contribution in [3.63, 3.8) is 0 Å². The predicted octanol–water partition coefficient (Wildman–Crippen LogP) is 1.92. The number of hydrogen-bond acceptors (Lipinski definition) is 4. The van der Waals surface area contributed by atoms with E-state index in [1.807, 2.05) is 12.1 Å². The van der Waals surface area contributed by atoms with Crippen molar-refractivity contribution in [3.8, 4) is 11.3 Å². The third kappa shape index (κ3) is 1.26. The number of aromatic nitrogens is 1. The predicted molar refractivity (Wildman–Crippen MR) is 63.3 cm³/mol. The second-order valence-electron chi connectivity index (χ2n) is 4.10. The maximum atomic E-state index is 5.58. The van der Waals surface area contributed by atoms with Crippen molar-refractivity contribution >= 4 is 11.5 Å². The Morgan fingerprint density at radius 1 is 1.44 bits per heavy atom. The van der Waals surface area contributed by atoms with Crippen molar-refractivity contribution in [2.75, 3.05) is 24.2 Å². The number of anilines is 2. The molecule has 4 nitrogen and oxygen atoms in total. The van der Waals surface area contributed by atoms with Crippen LogP contribution in [-0.2, 0) is 6.42 Å². The Balaban J connectivity index is 2.18. The van der Waals surface area contributed by atoms with E-state index in [9.17, 15) is 0 Å². The van der Waals surface area contributed by atoms with E-state index in [0.717, 1.165) is 24.3 Å². The Morgan fingerprint density at radius 3 is 3.06 bits per heavy atom. The van der Waals surface area contributed by atoms with Crippen LogP contribution < -0.4 is 10.6 Å². The molecule has 0 bridgehead atoms. The smallest absolute Gasteiger partial charge is 0.171 e. The summed E-state index contributed by atoms with van der Waals surface area (Å²) in [4.78, 5) is 2.24. The van der Waals surface area contributed by atoms with Crippen LogP contribution in [0.15, 0.2) is 28.8 Å². The minimum Gasteiger partial charge on any atom is -0.381 e. The van der Waals surface area contributed by atoms with Crippen LogP contribution in [0.5, 0.6) is 0 Å². The minimum atomic E-state index is 0.424. The van der Waals surface area contributed by atoms with E-state index in [-0.39, 0.29) is 0 Å². The zero-order chi connectivity index (χ0) is 11.1. The molecule has 1 aromatic heterocycles. The van der Waals surface area contributed by atoms with E-state index in [2.05, 4.69) is 23.2 Å². The van der Waals surface area contributed by atoms with Crippen LogP contribution in [0.3, 0.4) is 0 Å². The van der Waals surface area contributed by atoms with Crippen molar-refractivity contribution in [1.29, 1.82) is 0 Å². The molecule has 2 aromatic rings. The van der Waals surface area contributed by atoms with Crippen LogP contribution in [0, 0.1) is 0 Å². The van der Waals surface area contributed by atoms with Gasteiger partial charge in [0.2, 0.25) is 0 Å². The fourth-order valence-corrected chi connectivity index (χ4v) is 2.26. The summed E-state index contributed by atoms with van der Waals surface area (Å²) in [5.74, 6) is 1.16. The molecule has 82 valence electrons. The molecule has 1 aliphatic rings. The minimum absolute atomic E-state index is 0.424. The van der Waals surface area contributed by atoms with Crippen molar-refractivity contribution < 1.29 is 4.52 Å². The van der Waals surface area contributed by atoms with Crippen molar-refractivity contribution in [1.82, 2.24) is 5.16 Å². The van der Waals surface area contributed by atoms with Crippen LogP contribution in [-0.4, -0.2) is 18.7 Å². The number of fused-ring (bicyclic) bond motifs is 1. The van der Waals surface area contributed by atoms with E-state index < -0.39 is 0 Å². The lowest BCUT2D eigenvalue weighted by Gasteiger charge is -2.14. The number of hydrogen-bond donors (Lipinski definition) is 1. The molecule has 16 heavy (non-hydrogen) atoms. The third-order valence-electron chi connectivity index (χ3n) is 3.01. The van der Waals surface area contributed by atoms with Crippen molar-refractivity contribution in [2.45, 2.75) is 6.42 Å². The van der Waals surface area contributed by atoms with Gasteiger partial charge in [0.1, 0.15) is 0 Å². The lowest BCUT2D eigenvalue weighted by molar-refractivity contribution is 0.436. The number of para-hydroxylation sites is 1. The normalized spacial score (nSPS) is 14.2. The Bertz CT molecular complexity index is 533. The number of nitrogen functional groups attached to an aromatic ring is 1. The summed E-state index contributed by atoms with van der Waals surface area (Å²) >= 11 is 0. The molecule has 0 fully saturated rings. The van der Waals surface area contributed by atoms with Gasteiger partial charge in [0.15, 0.2) is 11.6 Å². The molecule has 0 unspecified atom stereocenters. The molecule has 1 aliphatic heterocycles. The lowest BCUT2D eigenvalue weighted by Crippen LogP contribution is -2.13. The first-order valence-corrected chi connectivity index (χ1v) is 5.31. The topological polar surface area (TPSA) is 55.3 Å². The highest BCUT2D eigenvalue weighted by molar-refractivity contribution is 5.80. The first-order chi connectivity index (χ1) is 7.75. The highest BCUT2D eigenvalue weighted by Crippen LogP contribution is 2.37. The summed E-state index contributed by atoms with van der Waals surface area (Å²) in [7, 11) is 2.09. The van der Waals surface area contributed by atoms with Crippen LogP contribution in [0.25, 0.3) is 11.3 Å². The molecule has 0 spiro atoms. The molecule has 4 heteroatoms. The molecule has 0 aliphatic carbocycles. The molecule has 2 N–H and O–H groups in total. The summed E-state index contributed by atoms with van der Waals surface area (Å²) in [6.45, 7) is 1.05. The molecule has 0 radical (unpaired) electrons. The zero-order valence-corrected chi connectivity index (χ0v) is 9.10. The van der Waals surface area contributed by atoms with Gasteiger partial charge in [-0.3, -0.25) is 0 Å². The van der Waals surface area contributed by atoms with Gasteiger partial charge >= 0.3 is 0 Å². The molecule has 0 amide bonds. The summed E-state index contributed by atoms with van der Waals surface area (Å²) in [6.07, 6.45) is 1.09.